The van der Waals surface area contributed by atoms with E-state index in [1.807, 2.05) is 6.92 Å². The zero-order valence-electron chi connectivity index (χ0n) is 13.3. The molecule has 5 heteroatoms. The Labute approximate surface area is 127 Å². The molecule has 0 bridgehead atoms. The minimum absolute atomic E-state index is 0.646. The second-order valence-electron chi connectivity index (χ2n) is 6.36. The number of hydrogen-bond acceptors (Lipinski definition) is 5. The Morgan fingerprint density at radius 2 is 1.95 bits per heavy atom. The summed E-state index contributed by atoms with van der Waals surface area (Å²) < 4.78 is 0. The van der Waals surface area contributed by atoms with Crippen LogP contribution >= 0.6 is 0 Å². The first-order valence-electron chi connectivity index (χ1n) is 8.31. The molecule has 1 aromatic rings. The van der Waals surface area contributed by atoms with E-state index in [-0.39, 0.29) is 0 Å². The van der Waals surface area contributed by atoms with Crippen molar-refractivity contribution in [1.29, 1.82) is 0 Å². The van der Waals surface area contributed by atoms with Crippen molar-refractivity contribution in [2.75, 3.05) is 36.8 Å². The quantitative estimate of drug-likeness (QED) is 0.918. The van der Waals surface area contributed by atoms with Gasteiger partial charge in [-0.05, 0) is 45.7 Å². The molecule has 5 nitrogen and oxygen atoms in total. The molecule has 2 aliphatic rings. The van der Waals surface area contributed by atoms with Crippen LogP contribution in [0.1, 0.15) is 44.0 Å². The van der Waals surface area contributed by atoms with E-state index in [1.54, 1.807) is 0 Å². The van der Waals surface area contributed by atoms with Gasteiger partial charge in [-0.3, -0.25) is 4.90 Å². The lowest BCUT2D eigenvalue weighted by atomic mass is 10.2. The number of nitrogens with zero attached hydrogens (tertiary/aromatic N) is 4. The topological polar surface area (TPSA) is 58.3 Å². The Balaban J connectivity index is 1.77. The third kappa shape index (κ3) is 2.98. The summed E-state index contributed by atoms with van der Waals surface area (Å²) in [7, 11) is 0. The molecule has 3 rings (SSSR count). The summed E-state index contributed by atoms with van der Waals surface area (Å²) in [4.78, 5) is 14.3. The van der Waals surface area contributed by atoms with Crippen molar-refractivity contribution in [3.05, 3.63) is 11.4 Å². The zero-order valence-corrected chi connectivity index (χ0v) is 13.3. The van der Waals surface area contributed by atoms with Crippen LogP contribution in [0.15, 0.2) is 0 Å². The normalized spacial score (nSPS) is 23.1. The highest BCUT2D eigenvalue weighted by molar-refractivity contribution is 5.57. The third-order valence-corrected chi connectivity index (χ3v) is 4.80. The third-order valence-electron chi connectivity index (χ3n) is 4.80. The molecule has 0 aliphatic carbocycles. The van der Waals surface area contributed by atoms with E-state index >= 15 is 0 Å². The van der Waals surface area contributed by atoms with Crippen LogP contribution in [0, 0.1) is 6.92 Å². The Kier molecular flexibility index (Phi) is 4.29. The molecule has 0 spiro atoms. The molecule has 0 amide bonds. The highest BCUT2D eigenvalue weighted by atomic mass is 15.3. The Hall–Kier alpha value is -1.36. The fraction of sp³-hybridized carbons (Fsp3) is 0.750. The van der Waals surface area contributed by atoms with E-state index < -0.39 is 0 Å². The van der Waals surface area contributed by atoms with Gasteiger partial charge in [-0.25, -0.2) is 9.97 Å². The first-order chi connectivity index (χ1) is 10.2. The predicted octanol–water partition coefficient (Wildman–Crippen LogP) is 1.99. The van der Waals surface area contributed by atoms with Crippen molar-refractivity contribution >= 4 is 11.6 Å². The first-order valence-corrected chi connectivity index (χ1v) is 8.31. The summed E-state index contributed by atoms with van der Waals surface area (Å²) in [5, 5.41) is 0. The number of likely N-dealkylation sites (tertiary alicyclic amines) is 1. The number of nitrogens with two attached hydrogens (primary N) is 1. The second-order valence-corrected chi connectivity index (χ2v) is 6.36. The molecule has 2 aliphatic heterocycles. The van der Waals surface area contributed by atoms with Gasteiger partial charge in [-0.2, -0.15) is 0 Å². The van der Waals surface area contributed by atoms with Crippen LogP contribution in [0.25, 0.3) is 0 Å². The highest BCUT2D eigenvalue weighted by Crippen LogP contribution is 2.28. The van der Waals surface area contributed by atoms with Crippen LogP contribution in [0.4, 0.5) is 11.6 Å². The van der Waals surface area contributed by atoms with Crippen LogP contribution in [0.2, 0.25) is 0 Å². The lowest BCUT2D eigenvalue weighted by molar-refractivity contribution is 0.260. The number of rotatable bonds is 4. The van der Waals surface area contributed by atoms with Gasteiger partial charge in [-0.1, -0.05) is 6.92 Å². The Morgan fingerprint density at radius 3 is 2.67 bits per heavy atom. The molecular weight excluding hydrogens is 262 g/mol. The predicted molar refractivity (Wildman–Crippen MR) is 86.6 cm³/mol. The SMILES string of the molecule is CCCc1nc(N)c(C)c(N2CCC(N3CCCC3)C2)n1. The van der Waals surface area contributed by atoms with Crippen molar-refractivity contribution in [1.82, 2.24) is 14.9 Å². The summed E-state index contributed by atoms with van der Waals surface area (Å²) in [6.45, 7) is 8.91. The summed E-state index contributed by atoms with van der Waals surface area (Å²) in [5.74, 6) is 2.60. The molecule has 2 N–H and O–H groups in total. The van der Waals surface area contributed by atoms with E-state index in [9.17, 15) is 0 Å². The molecule has 0 saturated carbocycles. The van der Waals surface area contributed by atoms with Gasteiger partial charge in [0, 0.05) is 31.1 Å². The minimum atomic E-state index is 0.646. The van der Waals surface area contributed by atoms with Crippen LogP contribution in [0.3, 0.4) is 0 Å². The van der Waals surface area contributed by atoms with Crippen molar-refractivity contribution in [2.24, 2.45) is 0 Å². The summed E-state index contributed by atoms with van der Waals surface area (Å²) in [6, 6.07) is 0.692. The van der Waals surface area contributed by atoms with Crippen LogP contribution < -0.4 is 10.6 Å². The van der Waals surface area contributed by atoms with Crippen molar-refractivity contribution in [2.45, 2.75) is 52.0 Å². The van der Waals surface area contributed by atoms with Gasteiger partial charge in [0.25, 0.3) is 0 Å². The molecule has 3 heterocycles. The summed E-state index contributed by atoms with van der Waals surface area (Å²) >= 11 is 0. The fourth-order valence-corrected chi connectivity index (χ4v) is 3.55. The van der Waals surface area contributed by atoms with Crippen LogP contribution in [-0.2, 0) is 6.42 Å². The Morgan fingerprint density at radius 1 is 1.19 bits per heavy atom. The van der Waals surface area contributed by atoms with Gasteiger partial charge in [0.2, 0.25) is 0 Å². The van der Waals surface area contributed by atoms with Crippen molar-refractivity contribution in [3.8, 4) is 0 Å². The van der Waals surface area contributed by atoms with Gasteiger partial charge in [0.05, 0.1) is 0 Å². The summed E-state index contributed by atoms with van der Waals surface area (Å²) in [6.07, 6.45) is 5.92. The van der Waals surface area contributed by atoms with Crippen LogP contribution in [-0.4, -0.2) is 47.1 Å². The average molecular weight is 289 g/mol. The van der Waals surface area contributed by atoms with Crippen molar-refractivity contribution < 1.29 is 0 Å². The number of anilines is 2. The minimum Gasteiger partial charge on any atom is -0.383 e. The largest absolute Gasteiger partial charge is 0.383 e. The van der Waals surface area contributed by atoms with Gasteiger partial charge < -0.3 is 10.6 Å². The standard InChI is InChI=1S/C16H27N5/c1-3-6-14-18-15(17)12(2)16(19-14)21-10-7-13(11-21)20-8-4-5-9-20/h13H,3-11H2,1-2H3,(H2,17,18,19). The molecular formula is C16H27N5. The number of aryl methyl sites for hydroxylation is 1. The van der Waals surface area contributed by atoms with Gasteiger partial charge in [0.1, 0.15) is 17.5 Å². The van der Waals surface area contributed by atoms with Gasteiger partial charge in [0.15, 0.2) is 0 Å². The lowest BCUT2D eigenvalue weighted by Crippen LogP contribution is -2.35. The number of aromatic nitrogens is 2. The molecule has 21 heavy (non-hydrogen) atoms. The van der Waals surface area contributed by atoms with Gasteiger partial charge in [-0.15, -0.1) is 0 Å². The van der Waals surface area contributed by atoms with E-state index in [2.05, 4.69) is 21.7 Å². The lowest BCUT2D eigenvalue weighted by Gasteiger charge is -2.25. The highest BCUT2D eigenvalue weighted by Gasteiger charge is 2.31. The maximum Gasteiger partial charge on any atom is 0.137 e. The molecule has 1 atom stereocenters. The van der Waals surface area contributed by atoms with Crippen LogP contribution in [0.5, 0.6) is 0 Å². The molecule has 1 unspecified atom stereocenters. The maximum atomic E-state index is 6.09. The summed E-state index contributed by atoms with van der Waals surface area (Å²) in [5.41, 5.74) is 7.13. The molecule has 116 valence electrons. The van der Waals surface area contributed by atoms with E-state index in [4.69, 9.17) is 10.7 Å². The molecule has 0 aromatic carbocycles. The molecule has 1 aromatic heterocycles. The average Bonchev–Trinajstić information content (AvgIpc) is 3.12. The Bertz CT molecular complexity index is 496. The van der Waals surface area contributed by atoms with Gasteiger partial charge >= 0.3 is 0 Å². The monoisotopic (exact) mass is 289 g/mol. The second kappa shape index (κ2) is 6.18. The maximum absolute atomic E-state index is 6.09. The molecule has 2 saturated heterocycles. The van der Waals surface area contributed by atoms with E-state index in [0.29, 0.717) is 11.9 Å². The number of nitrogen functional groups attached to an aromatic ring is 1. The zero-order chi connectivity index (χ0) is 14.8. The molecule has 0 radical (unpaired) electrons. The fourth-order valence-electron chi connectivity index (χ4n) is 3.55. The van der Waals surface area contributed by atoms with Crippen molar-refractivity contribution in [3.63, 3.8) is 0 Å². The molecule has 2 fully saturated rings. The number of hydrogen-bond donors (Lipinski definition) is 1. The van der Waals surface area contributed by atoms with E-state index in [1.165, 1.54) is 32.4 Å². The van der Waals surface area contributed by atoms with E-state index in [0.717, 1.165) is 43.1 Å². The first kappa shape index (κ1) is 14.6. The smallest absolute Gasteiger partial charge is 0.137 e.